The number of non-ortho nitro benzene ring substituents is 1. The Balaban J connectivity index is 1.35. The number of benzene rings is 3. The van der Waals surface area contributed by atoms with Gasteiger partial charge in [0.15, 0.2) is 6.61 Å². The zero-order chi connectivity index (χ0) is 30.4. The van der Waals surface area contributed by atoms with Crippen molar-refractivity contribution in [2.75, 3.05) is 16.8 Å². The number of amides is 3. The number of rotatable bonds is 7. The van der Waals surface area contributed by atoms with Crippen LogP contribution in [0.15, 0.2) is 81.0 Å². The van der Waals surface area contributed by atoms with Gasteiger partial charge in [-0.1, -0.05) is 50.6 Å². The van der Waals surface area contributed by atoms with Gasteiger partial charge in [-0.25, -0.2) is 4.90 Å². The first-order valence-corrected chi connectivity index (χ1v) is 15.5. The number of aromatic amines is 1. The van der Waals surface area contributed by atoms with E-state index in [1.807, 2.05) is 0 Å². The summed E-state index contributed by atoms with van der Waals surface area (Å²) in [5.41, 5.74) is 1.07. The summed E-state index contributed by atoms with van der Waals surface area (Å²) in [4.78, 5) is 67.5. The Kier molecular flexibility index (Phi) is 7.85. The third-order valence-corrected chi connectivity index (χ3v) is 10.1. The molecule has 15 heteroatoms. The van der Waals surface area contributed by atoms with E-state index in [0.29, 0.717) is 36.4 Å². The van der Waals surface area contributed by atoms with Gasteiger partial charge >= 0.3 is 4.87 Å². The van der Waals surface area contributed by atoms with Gasteiger partial charge in [-0.05, 0) is 54.6 Å². The fourth-order valence-electron chi connectivity index (χ4n) is 5.10. The van der Waals surface area contributed by atoms with E-state index >= 15 is 0 Å². The summed E-state index contributed by atoms with van der Waals surface area (Å²) < 4.78 is 6.62. The Labute approximate surface area is 264 Å². The van der Waals surface area contributed by atoms with E-state index in [0.717, 1.165) is 28.0 Å². The topological polar surface area (TPSA) is 152 Å². The van der Waals surface area contributed by atoms with Crippen molar-refractivity contribution in [3.05, 3.63) is 106 Å². The molecule has 0 saturated carbocycles. The minimum absolute atomic E-state index is 0.178. The summed E-state index contributed by atoms with van der Waals surface area (Å²) in [5, 5.41) is 14.0. The molecular formula is C28H18BrClN4O7S2. The van der Waals surface area contributed by atoms with Gasteiger partial charge in [0.2, 0.25) is 11.8 Å². The van der Waals surface area contributed by atoms with E-state index in [1.54, 1.807) is 42.5 Å². The standard InChI is InChI=1S/C28H18BrClN4O7S2/c29-13-1-10-19(41-12-20(35)31-15-4-2-14(30)3-5-15)18(11-13)21-22-24(42-25-23(21)43-28(38)32-25)27(37)33(26(22)36)16-6-8-17(9-7-16)34(39)40/h1-11,21-22,24H,12H2,(H,31,35)(H,32,38)/t21-,22-,24+/m0/s1. The minimum Gasteiger partial charge on any atom is -0.483 e. The molecule has 11 nitrogen and oxygen atoms in total. The molecule has 2 N–H and O–H groups in total. The number of carbonyl (C=O) groups is 3. The van der Waals surface area contributed by atoms with Gasteiger partial charge in [-0.2, -0.15) is 0 Å². The Hall–Kier alpha value is -3.98. The van der Waals surface area contributed by atoms with Gasteiger partial charge in [-0.3, -0.25) is 29.3 Å². The predicted octanol–water partition coefficient (Wildman–Crippen LogP) is 5.57. The normalized spacial score (nSPS) is 19.1. The first kappa shape index (κ1) is 29.1. The number of aromatic nitrogens is 1. The van der Waals surface area contributed by atoms with Gasteiger partial charge in [0.05, 0.1) is 21.6 Å². The molecule has 43 heavy (non-hydrogen) atoms. The van der Waals surface area contributed by atoms with Crippen molar-refractivity contribution in [1.82, 2.24) is 4.98 Å². The maximum Gasteiger partial charge on any atom is 0.305 e. The second-order valence-corrected chi connectivity index (χ2v) is 13.1. The van der Waals surface area contributed by atoms with E-state index in [9.17, 15) is 29.3 Å². The van der Waals surface area contributed by atoms with E-state index in [4.69, 9.17) is 16.3 Å². The average Bonchev–Trinajstić information content (AvgIpc) is 3.47. The maximum atomic E-state index is 14.0. The summed E-state index contributed by atoms with van der Waals surface area (Å²) in [6.45, 7) is -0.356. The fourth-order valence-corrected chi connectivity index (χ4v) is 8.11. The van der Waals surface area contributed by atoms with E-state index < -0.39 is 39.7 Å². The molecule has 3 atom stereocenters. The SMILES string of the molecule is O=C(COc1ccc(Br)cc1[C@@H]1c2sc(=O)[nH]c2S[C@H]2C(=O)N(c3ccc([N+](=O)[O-])cc3)C(=O)[C@@H]12)Nc1ccc(Cl)cc1. The fraction of sp³-hybridized carbons (Fsp3) is 0.143. The molecule has 2 aliphatic rings. The number of imide groups is 1. The number of carbonyl (C=O) groups excluding carboxylic acids is 3. The van der Waals surface area contributed by atoms with Crippen LogP contribution < -0.4 is 19.8 Å². The molecular weight excluding hydrogens is 684 g/mol. The maximum absolute atomic E-state index is 14.0. The van der Waals surface area contributed by atoms with Crippen LogP contribution in [-0.4, -0.2) is 39.5 Å². The van der Waals surface area contributed by atoms with Gasteiger partial charge in [-0.15, -0.1) is 0 Å². The number of anilines is 2. The lowest BCUT2D eigenvalue weighted by Crippen LogP contribution is -2.32. The summed E-state index contributed by atoms with van der Waals surface area (Å²) in [7, 11) is 0. The van der Waals surface area contributed by atoms with E-state index in [2.05, 4.69) is 26.2 Å². The number of ether oxygens (including phenoxy) is 1. The van der Waals surface area contributed by atoms with Crippen LogP contribution in [-0.2, 0) is 14.4 Å². The van der Waals surface area contributed by atoms with E-state index in [-0.39, 0.29) is 22.9 Å². The molecule has 4 aromatic rings. The van der Waals surface area contributed by atoms with Crippen molar-refractivity contribution < 1.29 is 24.0 Å². The van der Waals surface area contributed by atoms with Crippen LogP contribution in [0.4, 0.5) is 17.1 Å². The Bertz CT molecular complexity index is 1850. The van der Waals surface area contributed by atoms with Gasteiger partial charge < -0.3 is 15.0 Å². The monoisotopic (exact) mass is 700 g/mol. The summed E-state index contributed by atoms with van der Waals surface area (Å²) in [6.07, 6.45) is 0. The highest BCUT2D eigenvalue weighted by Gasteiger charge is 2.57. The summed E-state index contributed by atoms with van der Waals surface area (Å²) >= 11 is 11.4. The van der Waals surface area contributed by atoms with Crippen molar-refractivity contribution >= 4 is 85.4 Å². The third-order valence-electron chi connectivity index (χ3n) is 6.94. The van der Waals surface area contributed by atoms with Crippen molar-refractivity contribution in [3.8, 4) is 5.75 Å². The number of nitrogens with one attached hydrogen (secondary N) is 2. The molecule has 3 heterocycles. The quantitative estimate of drug-likeness (QED) is 0.144. The zero-order valence-electron chi connectivity index (χ0n) is 21.6. The molecule has 1 aromatic heterocycles. The molecule has 218 valence electrons. The number of thiazole rings is 1. The number of nitro benzene ring substituents is 1. The Morgan fingerprint density at radius 3 is 2.49 bits per heavy atom. The van der Waals surface area contributed by atoms with Crippen molar-refractivity contribution in [2.45, 2.75) is 16.2 Å². The van der Waals surface area contributed by atoms with Crippen LogP contribution >= 0.6 is 50.6 Å². The molecule has 3 amide bonds. The van der Waals surface area contributed by atoms with Crippen LogP contribution in [0.1, 0.15) is 16.4 Å². The van der Waals surface area contributed by atoms with Gasteiger partial charge in [0.1, 0.15) is 11.0 Å². The average molecular weight is 702 g/mol. The number of halogens is 2. The Morgan fingerprint density at radius 2 is 1.79 bits per heavy atom. The zero-order valence-corrected chi connectivity index (χ0v) is 25.6. The second kappa shape index (κ2) is 11.6. The van der Waals surface area contributed by atoms with Gasteiger partial charge in [0.25, 0.3) is 11.6 Å². The van der Waals surface area contributed by atoms with Crippen molar-refractivity contribution in [1.29, 1.82) is 0 Å². The molecule has 2 aliphatic heterocycles. The largest absolute Gasteiger partial charge is 0.483 e. The number of hydrogen-bond acceptors (Lipinski definition) is 9. The Morgan fingerprint density at radius 1 is 1.07 bits per heavy atom. The molecule has 6 rings (SSSR count). The molecule has 0 bridgehead atoms. The lowest BCUT2D eigenvalue weighted by atomic mass is 9.82. The summed E-state index contributed by atoms with van der Waals surface area (Å²) in [5.74, 6) is -2.85. The number of nitro groups is 1. The molecule has 0 spiro atoms. The van der Waals surface area contributed by atoms with E-state index in [1.165, 1.54) is 24.3 Å². The number of hydrogen-bond donors (Lipinski definition) is 2. The minimum atomic E-state index is -0.925. The lowest BCUT2D eigenvalue weighted by Gasteiger charge is -2.31. The van der Waals surface area contributed by atoms with Crippen molar-refractivity contribution in [2.24, 2.45) is 5.92 Å². The predicted molar refractivity (Wildman–Crippen MR) is 165 cm³/mol. The van der Waals surface area contributed by atoms with Crippen LogP contribution in [0.25, 0.3) is 0 Å². The third kappa shape index (κ3) is 5.58. The first-order valence-electron chi connectivity index (χ1n) is 12.6. The number of nitrogens with zero attached hydrogens (tertiary/aromatic N) is 2. The highest BCUT2D eigenvalue weighted by molar-refractivity contribution is 9.10. The molecule has 0 unspecified atom stereocenters. The number of thioether (sulfide) groups is 1. The first-order chi connectivity index (χ1) is 20.6. The summed E-state index contributed by atoms with van der Waals surface area (Å²) in [6, 6.07) is 16.9. The smallest absolute Gasteiger partial charge is 0.305 e. The lowest BCUT2D eigenvalue weighted by molar-refractivity contribution is -0.384. The highest BCUT2D eigenvalue weighted by atomic mass is 79.9. The molecule has 1 fully saturated rings. The molecule has 0 aliphatic carbocycles. The highest BCUT2D eigenvalue weighted by Crippen LogP contribution is 2.54. The van der Waals surface area contributed by atoms with Crippen LogP contribution in [0.3, 0.4) is 0 Å². The number of H-pyrrole nitrogens is 1. The molecule has 1 saturated heterocycles. The van der Waals surface area contributed by atoms with Crippen LogP contribution in [0.2, 0.25) is 5.02 Å². The van der Waals surface area contributed by atoms with Crippen LogP contribution in [0, 0.1) is 16.0 Å². The second-order valence-electron chi connectivity index (χ2n) is 9.56. The van der Waals surface area contributed by atoms with Crippen molar-refractivity contribution in [3.63, 3.8) is 0 Å². The van der Waals surface area contributed by atoms with Gasteiger partial charge in [0, 0.05) is 43.7 Å². The van der Waals surface area contributed by atoms with Crippen LogP contribution in [0.5, 0.6) is 5.75 Å². The number of fused-ring (bicyclic) bond motifs is 2. The molecule has 0 radical (unpaired) electrons. The molecule has 3 aromatic carbocycles.